The van der Waals surface area contributed by atoms with Crippen LogP contribution in [0.15, 0.2) is 40.9 Å². The predicted octanol–water partition coefficient (Wildman–Crippen LogP) is 6.62. The van der Waals surface area contributed by atoms with Crippen molar-refractivity contribution < 1.29 is 14.9 Å². The van der Waals surface area contributed by atoms with E-state index in [1.165, 1.54) is 23.8 Å². The molecule has 5 heteroatoms. The molecule has 1 aliphatic carbocycles. The van der Waals surface area contributed by atoms with Gasteiger partial charge in [0.05, 0.1) is 0 Å². The highest BCUT2D eigenvalue weighted by atomic mass is 32.2. The van der Waals surface area contributed by atoms with E-state index in [-0.39, 0.29) is 18.4 Å². The van der Waals surface area contributed by atoms with Crippen molar-refractivity contribution in [3.8, 4) is 11.5 Å². The third kappa shape index (κ3) is 7.43. The quantitative estimate of drug-likeness (QED) is 0.184. The number of aliphatic imine (C=N–C) groups is 1. The summed E-state index contributed by atoms with van der Waals surface area (Å²) in [6.07, 6.45) is 9.36. The minimum absolute atomic E-state index is 0.0338. The van der Waals surface area contributed by atoms with E-state index in [0.29, 0.717) is 23.1 Å². The molecule has 4 nitrogen and oxygen atoms in total. The lowest BCUT2D eigenvalue weighted by molar-refractivity contribution is 0.296. The fourth-order valence-electron chi connectivity index (χ4n) is 4.17. The van der Waals surface area contributed by atoms with E-state index in [1.807, 2.05) is 6.07 Å². The van der Waals surface area contributed by atoms with Crippen molar-refractivity contribution in [3.63, 3.8) is 0 Å². The topological polar surface area (TPSA) is 62.0 Å². The Morgan fingerprint density at radius 2 is 2.06 bits per heavy atom. The summed E-state index contributed by atoms with van der Waals surface area (Å²) >= 11 is 1.49. The Balaban J connectivity index is 2.47. The van der Waals surface area contributed by atoms with E-state index >= 15 is 0 Å². The number of hydrogen-bond acceptors (Lipinski definition) is 5. The molecule has 1 aromatic rings. The van der Waals surface area contributed by atoms with Crippen LogP contribution in [0.1, 0.15) is 76.3 Å². The van der Waals surface area contributed by atoms with Crippen LogP contribution in [0.25, 0.3) is 0 Å². The van der Waals surface area contributed by atoms with Gasteiger partial charge in [-0.25, -0.2) is 4.99 Å². The first kappa shape index (κ1) is 25.5. The summed E-state index contributed by atoms with van der Waals surface area (Å²) in [6, 6.07) is 3.99. The lowest BCUT2D eigenvalue weighted by atomic mass is 9.73. The molecule has 0 unspecified atom stereocenters. The standard InChI is InChI=1S/C26H39NO3S/c1-6-7-8-10-20-16-23(29)25(22-15-19(4)11-12-21(22)18(2)3)24(17-20)30-26(27-5)31-14-9-13-28/h15-17,21-22,28-29H,2,6-14H2,1,3-5H3/t21-,22+/m0/s1. The van der Waals surface area contributed by atoms with Gasteiger partial charge in [-0.3, -0.25) is 0 Å². The van der Waals surface area contributed by atoms with Gasteiger partial charge in [0.15, 0.2) is 0 Å². The number of thioether (sulfide) groups is 1. The van der Waals surface area contributed by atoms with Crippen LogP contribution in [0.5, 0.6) is 11.5 Å². The molecule has 2 rings (SSSR count). The summed E-state index contributed by atoms with van der Waals surface area (Å²) < 4.78 is 6.30. The first-order chi connectivity index (χ1) is 14.9. The summed E-state index contributed by atoms with van der Waals surface area (Å²) in [6.45, 7) is 10.8. The highest BCUT2D eigenvalue weighted by Gasteiger charge is 2.31. The summed E-state index contributed by atoms with van der Waals surface area (Å²) in [4.78, 5) is 4.31. The van der Waals surface area contributed by atoms with Crippen LogP contribution in [0.4, 0.5) is 0 Å². The number of phenols is 1. The maximum absolute atomic E-state index is 11.1. The number of allylic oxidation sites excluding steroid dienone is 3. The Morgan fingerprint density at radius 3 is 2.71 bits per heavy atom. The van der Waals surface area contributed by atoms with Crippen LogP contribution in [-0.2, 0) is 6.42 Å². The molecular formula is C26H39NO3S. The van der Waals surface area contributed by atoms with Crippen molar-refractivity contribution in [1.82, 2.24) is 0 Å². The van der Waals surface area contributed by atoms with Crippen molar-refractivity contribution >= 4 is 17.0 Å². The second-order valence-corrected chi connectivity index (χ2v) is 9.58. The zero-order valence-electron chi connectivity index (χ0n) is 19.6. The van der Waals surface area contributed by atoms with Gasteiger partial charge in [-0.2, -0.15) is 0 Å². The van der Waals surface area contributed by atoms with Crippen LogP contribution in [0, 0.1) is 5.92 Å². The van der Waals surface area contributed by atoms with Gasteiger partial charge in [0, 0.05) is 30.9 Å². The molecule has 0 aromatic heterocycles. The van der Waals surface area contributed by atoms with E-state index < -0.39 is 0 Å². The van der Waals surface area contributed by atoms with Crippen LogP contribution >= 0.6 is 11.8 Å². The molecule has 0 bridgehead atoms. The van der Waals surface area contributed by atoms with Crippen LogP contribution < -0.4 is 4.74 Å². The maximum Gasteiger partial charge on any atom is 0.251 e. The number of benzene rings is 1. The summed E-state index contributed by atoms with van der Waals surface area (Å²) in [5.74, 6) is 2.02. The van der Waals surface area contributed by atoms with Crippen molar-refractivity contribution in [1.29, 1.82) is 0 Å². The van der Waals surface area contributed by atoms with E-state index in [2.05, 4.69) is 44.5 Å². The molecule has 0 aliphatic heterocycles. The average molecular weight is 446 g/mol. The number of aromatic hydroxyl groups is 1. The Morgan fingerprint density at radius 1 is 1.29 bits per heavy atom. The van der Waals surface area contributed by atoms with Gasteiger partial charge in [-0.1, -0.05) is 55.3 Å². The number of aryl methyl sites for hydroxylation is 1. The number of nitrogens with zero attached hydrogens (tertiary/aromatic N) is 1. The van der Waals surface area contributed by atoms with Crippen molar-refractivity contribution in [2.45, 2.75) is 71.6 Å². The fourth-order valence-corrected chi connectivity index (χ4v) is 4.90. The number of aliphatic hydroxyl groups excluding tert-OH is 1. The highest BCUT2D eigenvalue weighted by Crippen LogP contribution is 2.47. The SMILES string of the molecule is C=C(C)[C@@H]1CCC(C)=C[C@H]1c1c(O)cc(CCCCC)cc1OC(=NC)SCCCO. The van der Waals surface area contributed by atoms with Gasteiger partial charge in [0.25, 0.3) is 5.23 Å². The molecule has 0 radical (unpaired) electrons. The molecule has 0 heterocycles. The minimum atomic E-state index is 0.0338. The first-order valence-corrected chi connectivity index (χ1v) is 12.5. The molecular weight excluding hydrogens is 406 g/mol. The summed E-state index contributed by atoms with van der Waals surface area (Å²) in [5.41, 5.74) is 4.38. The Kier molecular flexibility index (Phi) is 10.7. The summed E-state index contributed by atoms with van der Waals surface area (Å²) in [5, 5.41) is 20.8. The molecule has 2 atom stereocenters. The molecule has 31 heavy (non-hydrogen) atoms. The zero-order chi connectivity index (χ0) is 22.8. The number of unbranched alkanes of at least 4 members (excludes halogenated alkanes) is 2. The number of ether oxygens (including phenoxy) is 1. The molecule has 1 aromatic carbocycles. The fraction of sp³-hybridized carbons (Fsp3) is 0.577. The van der Waals surface area contributed by atoms with E-state index in [4.69, 9.17) is 9.84 Å². The summed E-state index contributed by atoms with van der Waals surface area (Å²) in [7, 11) is 1.72. The first-order valence-electron chi connectivity index (χ1n) is 11.5. The van der Waals surface area contributed by atoms with Crippen molar-refractivity contribution in [3.05, 3.63) is 47.1 Å². The van der Waals surface area contributed by atoms with Gasteiger partial charge < -0.3 is 14.9 Å². The smallest absolute Gasteiger partial charge is 0.251 e. The Labute approximate surface area is 192 Å². The largest absolute Gasteiger partial charge is 0.507 e. The molecule has 0 saturated carbocycles. The lowest BCUT2D eigenvalue weighted by Gasteiger charge is -2.32. The van der Waals surface area contributed by atoms with Gasteiger partial charge in [0.2, 0.25) is 0 Å². The van der Waals surface area contributed by atoms with Gasteiger partial charge in [-0.05, 0) is 69.6 Å². The molecule has 1 aliphatic rings. The molecule has 0 amide bonds. The van der Waals surface area contributed by atoms with Gasteiger partial charge >= 0.3 is 0 Å². The monoisotopic (exact) mass is 445 g/mol. The van der Waals surface area contributed by atoms with Crippen LogP contribution in [-0.4, -0.2) is 34.9 Å². The lowest BCUT2D eigenvalue weighted by Crippen LogP contribution is -2.19. The second kappa shape index (κ2) is 13.0. The molecule has 2 N–H and O–H groups in total. The highest BCUT2D eigenvalue weighted by molar-refractivity contribution is 8.13. The minimum Gasteiger partial charge on any atom is -0.507 e. The predicted molar refractivity (Wildman–Crippen MR) is 134 cm³/mol. The number of phenolic OH excluding ortho intramolecular Hbond substituents is 1. The third-order valence-electron chi connectivity index (χ3n) is 5.87. The number of rotatable bonds is 10. The van der Waals surface area contributed by atoms with Gasteiger partial charge in [0.1, 0.15) is 11.5 Å². The third-order valence-corrected chi connectivity index (χ3v) is 6.88. The van der Waals surface area contributed by atoms with E-state index in [9.17, 15) is 5.11 Å². The van der Waals surface area contributed by atoms with Crippen LogP contribution in [0.3, 0.4) is 0 Å². The second-order valence-electron chi connectivity index (χ2n) is 8.53. The molecule has 0 saturated heterocycles. The molecule has 0 fully saturated rings. The van der Waals surface area contributed by atoms with E-state index in [0.717, 1.165) is 54.6 Å². The van der Waals surface area contributed by atoms with Crippen molar-refractivity contribution in [2.75, 3.05) is 19.4 Å². The van der Waals surface area contributed by atoms with Gasteiger partial charge in [-0.15, -0.1) is 0 Å². The van der Waals surface area contributed by atoms with Crippen LogP contribution in [0.2, 0.25) is 0 Å². The van der Waals surface area contributed by atoms with E-state index in [1.54, 1.807) is 7.05 Å². The number of hydrogen-bond donors (Lipinski definition) is 2. The normalized spacial score (nSPS) is 19.3. The number of aliphatic hydroxyl groups is 1. The molecule has 0 spiro atoms. The van der Waals surface area contributed by atoms with Crippen molar-refractivity contribution in [2.24, 2.45) is 10.9 Å². The maximum atomic E-state index is 11.1. The molecule has 172 valence electrons. The zero-order valence-corrected chi connectivity index (χ0v) is 20.4. The Bertz CT molecular complexity index is 800. The Hall–Kier alpha value is -1.72. The average Bonchev–Trinajstić information content (AvgIpc) is 2.73.